The summed E-state index contributed by atoms with van der Waals surface area (Å²) < 4.78 is 14.7. The van der Waals surface area contributed by atoms with Crippen LogP contribution in [0.5, 0.6) is 0 Å². The van der Waals surface area contributed by atoms with Crippen molar-refractivity contribution in [2.24, 2.45) is 0 Å². The summed E-state index contributed by atoms with van der Waals surface area (Å²) in [6, 6.07) is 10.9. The van der Waals surface area contributed by atoms with Gasteiger partial charge in [-0.2, -0.15) is 9.61 Å². The molecule has 3 N–H and O–H groups in total. The first kappa shape index (κ1) is 14.1. The van der Waals surface area contributed by atoms with E-state index in [1.807, 2.05) is 12.1 Å². The van der Waals surface area contributed by atoms with Gasteiger partial charge in [0.1, 0.15) is 23.0 Å². The zero-order chi connectivity index (χ0) is 16.7. The number of anilines is 1. The van der Waals surface area contributed by atoms with E-state index in [-0.39, 0.29) is 17.2 Å². The summed E-state index contributed by atoms with van der Waals surface area (Å²) in [4.78, 5) is 18.6. The number of hydrogen-bond donors (Lipinski definition) is 2. The van der Waals surface area contributed by atoms with Crippen molar-refractivity contribution >= 4 is 11.5 Å². The van der Waals surface area contributed by atoms with Crippen molar-refractivity contribution in [2.45, 2.75) is 0 Å². The highest BCUT2D eigenvalue weighted by Gasteiger charge is 2.18. The van der Waals surface area contributed by atoms with Gasteiger partial charge in [0.25, 0.3) is 5.56 Å². The average Bonchev–Trinajstić information content (AvgIpc) is 2.96. The molecular formula is C17H12FN5O. The van der Waals surface area contributed by atoms with Crippen LogP contribution in [0, 0.1) is 5.82 Å². The standard InChI is InChI=1S/C17H12FN5O/c18-12-3-1-11(2-4-12)16-15(10-5-7-20-8-6-10)17-21-14(24)9-13(19)23(17)22-16/h1-9H,19H2,(H,21,24). The molecule has 4 rings (SSSR count). The van der Waals surface area contributed by atoms with Crippen LogP contribution in [0.2, 0.25) is 0 Å². The molecule has 0 bridgehead atoms. The van der Waals surface area contributed by atoms with Crippen LogP contribution in [0.1, 0.15) is 0 Å². The van der Waals surface area contributed by atoms with Crippen LogP contribution in [0.25, 0.3) is 28.0 Å². The fraction of sp³-hybridized carbons (Fsp3) is 0. The van der Waals surface area contributed by atoms with Crippen molar-refractivity contribution < 1.29 is 4.39 Å². The van der Waals surface area contributed by atoms with E-state index in [2.05, 4.69) is 15.1 Å². The number of fused-ring (bicyclic) bond motifs is 1. The molecule has 0 fully saturated rings. The van der Waals surface area contributed by atoms with Gasteiger partial charge in [0.2, 0.25) is 0 Å². The summed E-state index contributed by atoms with van der Waals surface area (Å²) in [5.74, 6) is -0.113. The lowest BCUT2D eigenvalue weighted by atomic mass is 10.0. The number of H-pyrrole nitrogens is 1. The summed E-state index contributed by atoms with van der Waals surface area (Å²) in [6.45, 7) is 0. The monoisotopic (exact) mass is 321 g/mol. The first-order valence-electron chi connectivity index (χ1n) is 7.21. The molecule has 0 saturated heterocycles. The fourth-order valence-electron chi connectivity index (χ4n) is 2.67. The van der Waals surface area contributed by atoms with Crippen molar-refractivity contribution in [1.82, 2.24) is 19.6 Å². The molecule has 6 nitrogen and oxygen atoms in total. The van der Waals surface area contributed by atoms with Gasteiger partial charge in [-0.3, -0.25) is 9.78 Å². The smallest absolute Gasteiger partial charge is 0.253 e. The highest BCUT2D eigenvalue weighted by Crippen LogP contribution is 2.34. The second-order valence-electron chi connectivity index (χ2n) is 5.29. The predicted octanol–water partition coefficient (Wildman–Crippen LogP) is 2.47. The Morgan fingerprint density at radius 3 is 2.46 bits per heavy atom. The predicted molar refractivity (Wildman–Crippen MR) is 88.9 cm³/mol. The second kappa shape index (κ2) is 5.31. The molecule has 3 heterocycles. The van der Waals surface area contributed by atoms with Gasteiger partial charge >= 0.3 is 0 Å². The molecule has 4 aromatic rings. The minimum Gasteiger partial charge on any atom is -0.383 e. The third-order valence-corrected chi connectivity index (χ3v) is 3.74. The first-order chi connectivity index (χ1) is 11.6. The average molecular weight is 321 g/mol. The Kier molecular flexibility index (Phi) is 3.13. The molecule has 0 unspecified atom stereocenters. The zero-order valence-electron chi connectivity index (χ0n) is 12.4. The molecule has 3 aromatic heterocycles. The Hall–Kier alpha value is -3.48. The number of pyridine rings is 1. The van der Waals surface area contributed by atoms with Gasteiger partial charge in [-0.1, -0.05) is 0 Å². The molecule has 0 aliphatic heterocycles. The number of halogens is 1. The van der Waals surface area contributed by atoms with Crippen LogP contribution < -0.4 is 11.3 Å². The molecule has 0 spiro atoms. The summed E-state index contributed by atoms with van der Waals surface area (Å²) in [7, 11) is 0. The van der Waals surface area contributed by atoms with E-state index >= 15 is 0 Å². The maximum absolute atomic E-state index is 13.2. The highest BCUT2D eigenvalue weighted by atomic mass is 19.1. The molecule has 118 valence electrons. The Bertz CT molecular complexity index is 1080. The highest BCUT2D eigenvalue weighted by molar-refractivity contribution is 5.90. The number of hydrogen-bond acceptors (Lipinski definition) is 4. The van der Waals surface area contributed by atoms with Crippen LogP contribution in [0.3, 0.4) is 0 Å². The summed E-state index contributed by atoms with van der Waals surface area (Å²) >= 11 is 0. The number of aromatic nitrogens is 4. The van der Waals surface area contributed by atoms with Gasteiger partial charge in [0.15, 0.2) is 0 Å². The minimum absolute atomic E-state index is 0.220. The van der Waals surface area contributed by atoms with E-state index in [4.69, 9.17) is 5.73 Å². The van der Waals surface area contributed by atoms with E-state index < -0.39 is 0 Å². The lowest BCUT2D eigenvalue weighted by molar-refractivity contribution is 0.628. The number of benzene rings is 1. The van der Waals surface area contributed by atoms with Crippen LogP contribution in [0.4, 0.5) is 10.2 Å². The lowest BCUT2D eigenvalue weighted by Gasteiger charge is -2.03. The van der Waals surface area contributed by atoms with Crippen molar-refractivity contribution in [3.63, 3.8) is 0 Å². The maximum Gasteiger partial charge on any atom is 0.253 e. The Balaban J connectivity index is 2.11. The molecule has 1 aromatic carbocycles. The van der Waals surface area contributed by atoms with Crippen molar-refractivity contribution in [1.29, 1.82) is 0 Å². The van der Waals surface area contributed by atoms with Gasteiger partial charge in [0.05, 0.1) is 5.56 Å². The topological polar surface area (TPSA) is 89.1 Å². The van der Waals surface area contributed by atoms with E-state index in [1.165, 1.54) is 22.7 Å². The van der Waals surface area contributed by atoms with Crippen LogP contribution in [-0.4, -0.2) is 19.6 Å². The molecule has 7 heteroatoms. The van der Waals surface area contributed by atoms with Gasteiger partial charge in [0, 0.05) is 24.0 Å². The van der Waals surface area contributed by atoms with E-state index in [9.17, 15) is 9.18 Å². The Morgan fingerprint density at radius 2 is 1.75 bits per heavy atom. The summed E-state index contributed by atoms with van der Waals surface area (Å²) in [5, 5.41) is 4.51. The third kappa shape index (κ3) is 2.23. The molecule has 0 aliphatic carbocycles. The number of nitrogens with zero attached hydrogens (tertiary/aromatic N) is 3. The molecule has 0 atom stereocenters. The summed E-state index contributed by atoms with van der Waals surface area (Å²) in [6.07, 6.45) is 3.30. The molecule has 0 aliphatic rings. The molecule has 0 radical (unpaired) electrons. The lowest BCUT2D eigenvalue weighted by Crippen LogP contribution is -2.11. The van der Waals surface area contributed by atoms with E-state index in [1.54, 1.807) is 24.5 Å². The summed E-state index contributed by atoms with van der Waals surface area (Å²) in [5.41, 5.74) is 8.92. The first-order valence-corrected chi connectivity index (χ1v) is 7.21. The largest absolute Gasteiger partial charge is 0.383 e. The van der Waals surface area contributed by atoms with Crippen LogP contribution >= 0.6 is 0 Å². The molecule has 0 amide bonds. The van der Waals surface area contributed by atoms with E-state index in [0.717, 1.165) is 5.56 Å². The number of rotatable bonds is 2. The van der Waals surface area contributed by atoms with E-state index in [0.29, 0.717) is 22.5 Å². The minimum atomic E-state index is -0.333. The normalized spacial score (nSPS) is 11.0. The third-order valence-electron chi connectivity index (χ3n) is 3.74. The Morgan fingerprint density at radius 1 is 1.04 bits per heavy atom. The van der Waals surface area contributed by atoms with Gasteiger partial charge < -0.3 is 10.7 Å². The zero-order valence-corrected chi connectivity index (χ0v) is 12.4. The van der Waals surface area contributed by atoms with Crippen LogP contribution in [-0.2, 0) is 0 Å². The van der Waals surface area contributed by atoms with Crippen LogP contribution in [0.15, 0.2) is 59.7 Å². The number of nitrogens with two attached hydrogens (primary N) is 1. The number of aromatic amines is 1. The maximum atomic E-state index is 13.2. The van der Waals surface area contributed by atoms with Gasteiger partial charge in [-0.15, -0.1) is 0 Å². The molecular weight excluding hydrogens is 309 g/mol. The molecule has 0 saturated carbocycles. The van der Waals surface area contributed by atoms with Crippen molar-refractivity contribution in [3.05, 3.63) is 71.0 Å². The number of nitrogen functional groups attached to an aromatic ring is 1. The second-order valence-corrected chi connectivity index (χ2v) is 5.29. The SMILES string of the molecule is Nc1cc(=O)[nH]c2c(-c3ccncc3)c(-c3ccc(F)cc3)nn12. The molecule has 24 heavy (non-hydrogen) atoms. The fourth-order valence-corrected chi connectivity index (χ4v) is 2.67. The Labute approximate surface area is 135 Å². The van der Waals surface area contributed by atoms with Gasteiger partial charge in [-0.25, -0.2) is 4.39 Å². The number of nitrogens with one attached hydrogen (secondary N) is 1. The van der Waals surface area contributed by atoms with Crippen molar-refractivity contribution in [2.75, 3.05) is 5.73 Å². The van der Waals surface area contributed by atoms with Gasteiger partial charge in [-0.05, 0) is 42.0 Å². The quantitative estimate of drug-likeness (QED) is 0.593. The van der Waals surface area contributed by atoms with Crippen molar-refractivity contribution in [3.8, 4) is 22.4 Å².